The summed E-state index contributed by atoms with van der Waals surface area (Å²) in [7, 11) is 0. The molecule has 0 rings (SSSR count). The van der Waals surface area contributed by atoms with E-state index in [2.05, 4.69) is 0 Å². The van der Waals surface area contributed by atoms with E-state index in [1.54, 1.807) is 0 Å². The van der Waals surface area contributed by atoms with Gasteiger partial charge in [-0.15, -0.1) is 0 Å². The maximum absolute atomic E-state index is 12.3. The molecule has 0 saturated carbocycles. The summed E-state index contributed by atoms with van der Waals surface area (Å²) in [4.78, 5) is 42.4. The number of hydrogen-bond acceptors (Lipinski definition) is 4. The molecule has 0 aromatic heterocycles. The summed E-state index contributed by atoms with van der Waals surface area (Å²) in [5, 5.41) is 0. The fourth-order valence-corrected chi connectivity index (χ4v) is 1.70. The van der Waals surface area contributed by atoms with E-state index in [0.717, 1.165) is 0 Å². The van der Waals surface area contributed by atoms with Gasteiger partial charge < -0.3 is 0 Å². The van der Waals surface area contributed by atoms with E-state index in [4.69, 9.17) is 0 Å². The first-order valence-electron chi connectivity index (χ1n) is 6.79. The molecule has 0 aliphatic carbocycles. The summed E-state index contributed by atoms with van der Waals surface area (Å²) in [6.45, 7) is -1.86. The average molecular weight is 418 g/mol. The lowest BCUT2D eigenvalue weighted by Crippen LogP contribution is -2.50. The first-order chi connectivity index (χ1) is 11.9. The second kappa shape index (κ2) is 8.56. The molecule has 4 amide bonds. The molecule has 0 aliphatic rings. The van der Waals surface area contributed by atoms with E-state index < -0.39 is 73.0 Å². The van der Waals surface area contributed by atoms with Crippen LogP contribution in [0.2, 0.25) is 0 Å². The molecule has 0 aliphatic heterocycles. The molecule has 0 aromatic rings. The molecule has 27 heavy (non-hydrogen) atoms. The molecule has 15 heteroatoms. The summed E-state index contributed by atoms with van der Waals surface area (Å²) < 4.78 is 111. The zero-order valence-electron chi connectivity index (χ0n) is 13.3. The fourth-order valence-electron chi connectivity index (χ4n) is 1.70. The van der Waals surface area contributed by atoms with Crippen LogP contribution >= 0.6 is 0 Å². The SMILES string of the molecule is CC(=O)N(CCCCN(C(=O)C(F)(F)F)C(=O)C(F)(F)F)C(=O)C(F)(F)F. The molecule has 0 unspecified atom stereocenters. The van der Waals surface area contributed by atoms with Gasteiger partial charge in [0.1, 0.15) is 0 Å². The van der Waals surface area contributed by atoms with Gasteiger partial charge in [0.2, 0.25) is 5.91 Å². The van der Waals surface area contributed by atoms with Crippen LogP contribution in [0, 0.1) is 0 Å². The van der Waals surface area contributed by atoms with Gasteiger partial charge in [-0.1, -0.05) is 0 Å². The van der Waals surface area contributed by atoms with Gasteiger partial charge >= 0.3 is 36.3 Å². The van der Waals surface area contributed by atoms with Gasteiger partial charge in [-0.05, 0) is 12.8 Å². The molecule has 0 fully saturated rings. The smallest absolute Gasteiger partial charge is 0.275 e. The van der Waals surface area contributed by atoms with Crippen LogP contribution in [0.4, 0.5) is 39.5 Å². The van der Waals surface area contributed by atoms with Crippen LogP contribution in [-0.4, -0.2) is 65.0 Å². The highest BCUT2D eigenvalue weighted by atomic mass is 19.4. The Kier molecular flexibility index (Phi) is 7.81. The highest BCUT2D eigenvalue weighted by molar-refractivity contribution is 6.00. The Morgan fingerprint density at radius 3 is 1.11 bits per heavy atom. The third-order valence-electron chi connectivity index (χ3n) is 2.86. The molecule has 0 bridgehead atoms. The predicted octanol–water partition coefficient (Wildman–Crippen LogP) is 2.18. The fraction of sp³-hybridized carbons (Fsp3) is 0.667. The van der Waals surface area contributed by atoms with Crippen LogP contribution in [0.5, 0.6) is 0 Å². The number of rotatable bonds is 5. The third-order valence-corrected chi connectivity index (χ3v) is 2.86. The summed E-state index contributed by atoms with van der Waals surface area (Å²) in [6.07, 6.45) is -18.6. The Hall–Kier alpha value is -2.35. The number of halogens is 9. The Bertz CT molecular complexity index is 569. The topological polar surface area (TPSA) is 74.8 Å². The number of unbranched alkanes of at least 4 members (excludes halogenated alkanes) is 1. The van der Waals surface area contributed by atoms with E-state index in [1.165, 1.54) is 0 Å². The lowest BCUT2D eigenvalue weighted by Gasteiger charge is -2.24. The maximum atomic E-state index is 12.3. The molecular weight excluding hydrogens is 407 g/mol. The number of amides is 4. The standard InChI is InChI=1S/C12H11F9N2O4/c1-6(24)22(7(25)10(13,14)15)4-2-3-5-23(8(26)11(16,17)18)9(27)12(19,20)21/h2-5H2,1H3. The van der Waals surface area contributed by atoms with Crippen LogP contribution < -0.4 is 0 Å². The highest BCUT2D eigenvalue weighted by Crippen LogP contribution is 2.25. The molecule has 0 saturated heterocycles. The summed E-state index contributed by atoms with van der Waals surface area (Å²) in [6, 6.07) is 0. The molecule has 156 valence electrons. The van der Waals surface area contributed by atoms with Gasteiger partial charge in [-0.2, -0.15) is 39.5 Å². The molecule has 0 radical (unpaired) electrons. The van der Waals surface area contributed by atoms with E-state index in [1.807, 2.05) is 0 Å². The van der Waals surface area contributed by atoms with Crippen molar-refractivity contribution in [3.63, 3.8) is 0 Å². The normalized spacial score (nSPS) is 12.5. The minimum Gasteiger partial charge on any atom is -0.275 e. The van der Waals surface area contributed by atoms with Crippen LogP contribution in [0.3, 0.4) is 0 Å². The van der Waals surface area contributed by atoms with Crippen LogP contribution in [0.25, 0.3) is 0 Å². The number of carbonyl (C=O) groups excluding carboxylic acids is 4. The minimum absolute atomic E-state index is 0.318. The number of imide groups is 2. The number of carbonyl (C=O) groups is 4. The first kappa shape index (κ1) is 24.7. The Balaban J connectivity index is 5.10. The van der Waals surface area contributed by atoms with Crippen LogP contribution in [0.15, 0.2) is 0 Å². The van der Waals surface area contributed by atoms with Gasteiger partial charge in [0, 0.05) is 20.0 Å². The molecule has 0 spiro atoms. The van der Waals surface area contributed by atoms with Gasteiger partial charge in [0.05, 0.1) is 0 Å². The molecule has 0 aromatic carbocycles. The first-order valence-corrected chi connectivity index (χ1v) is 6.79. The summed E-state index contributed by atoms with van der Waals surface area (Å²) >= 11 is 0. The Labute approximate surface area is 144 Å². The van der Waals surface area contributed by atoms with Crippen molar-refractivity contribution in [2.45, 2.75) is 38.3 Å². The molecule has 0 atom stereocenters. The predicted molar refractivity (Wildman–Crippen MR) is 66.5 cm³/mol. The number of alkyl halides is 9. The van der Waals surface area contributed by atoms with Gasteiger partial charge in [0.25, 0.3) is 0 Å². The zero-order valence-corrected chi connectivity index (χ0v) is 13.3. The van der Waals surface area contributed by atoms with Gasteiger partial charge in [0.15, 0.2) is 0 Å². The van der Waals surface area contributed by atoms with Crippen molar-refractivity contribution in [2.75, 3.05) is 13.1 Å². The Morgan fingerprint density at radius 1 is 0.593 bits per heavy atom. The average Bonchev–Trinajstić information content (AvgIpc) is 2.46. The van der Waals surface area contributed by atoms with Gasteiger partial charge in [-0.3, -0.25) is 29.0 Å². The molecule has 6 nitrogen and oxygen atoms in total. The second-order valence-corrected chi connectivity index (χ2v) is 4.94. The van der Waals surface area contributed by atoms with Crippen molar-refractivity contribution in [1.29, 1.82) is 0 Å². The monoisotopic (exact) mass is 418 g/mol. The van der Waals surface area contributed by atoms with E-state index >= 15 is 0 Å². The largest absolute Gasteiger partial charge is 0.471 e. The van der Waals surface area contributed by atoms with Crippen molar-refractivity contribution in [2.24, 2.45) is 0 Å². The third kappa shape index (κ3) is 7.42. The summed E-state index contributed by atoms with van der Waals surface area (Å²) in [5.41, 5.74) is 0. The van der Waals surface area contributed by atoms with Crippen molar-refractivity contribution >= 4 is 23.6 Å². The van der Waals surface area contributed by atoms with Crippen molar-refractivity contribution in [1.82, 2.24) is 9.80 Å². The van der Waals surface area contributed by atoms with Gasteiger partial charge in [-0.25, -0.2) is 0 Å². The van der Waals surface area contributed by atoms with Crippen molar-refractivity contribution in [3.05, 3.63) is 0 Å². The van der Waals surface area contributed by atoms with E-state index in [9.17, 15) is 58.7 Å². The lowest BCUT2D eigenvalue weighted by atomic mass is 10.2. The van der Waals surface area contributed by atoms with Crippen LogP contribution in [-0.2, 0) is 19.2 Å². The maximum Gasteiger partial charge on any atom is 0.471 e. The number of nitrogens with zero attached hydrogens (tertiary/aromatic N) is 2. The van der Waals surface area contributed by atoms with E-state index in [-0.39, 0.29) is 4.90 Å². The lowest BCUT2D eigenvalue weighted by molar-refractivity contribution is -0.204. The zero-order chi connectivity index (χ0) is 21.8. The van der Waals surface area contributed by atoms with Crippen molar-refractivity contribution < 1.29 is 58.7 Å². The minimum atomic E-state index is -5.81. The quantitative estimate of drug-likeness (QED) is 0.507. The van der Waals surface area contributed by atoms with Crippen LogP contribution in [0.1, 0.15) is 19.8 Å². The molecular formula is C12H11F9N2O4. The second-order valence-electron chi connectivity index (χ2n) is 4.94. The van der Waals surface area contributed by atoms with E-state index in [0.29, 0.717) is 6.92 Å². The molecule has 0 N–H and O–H groups in total. The Morgan fingerprint density at radius 2 is 0.852 bits per heavy atom. The van der Waals surface area contributed by atoms with Crippen molar-refractivity contribution in [3.8, 4) is 0 Å². The molecule has 0 heterocycles. The number of hydrogen-bond donors (Lipinski definition) is 0. The summed E-state index contributed by atoms with van der Waals surface area (Å²) in [5.74, 6) is -10.2. The highest BCUT2D eigenvalue weighted by Gasteiger charge is 2.51.